The van der Waals surface area contributed by atoms with Gasteiger partial charge in [0.05, 0.1) is 43.6 Å². The van der Waals surface area contributed by atoms with Gasteiger partial charge in [0.1, 0.15) is 27.7 Å². The second-order valence-corrected chi connectivity index (χ2v) is 21.2. The van der Waals surface area contributed by atoms with Crippen molar-refractivity contribution in [3.63, 3.8) is 0 Å². The molecule has 0 saturated carbocycles. The molecule has 0 bridgehead atoms. The van der Waals surface area contributed by atoms with E-state index in [4.69, 9.17) is 14.2 Å². The summed E-state index contributed by atoms with van der Waals surface area (Å²) in [6, 6.07) is 23.1. The fourth-order valence-corrected chi connectivity index (χ4v) is 13.7. The highest BCUT2D eigenvalue weighted by molar-refractivity contribution is 14.1. The van der Waals surface area contributed by atoms with Gasteiger partial charge >= 0.3 is 12.1 Å². The van der Waals surface area contributed by atoms with Crippen LogP contribution in [0.25, 0.3) is 11.4 Å². The van der Waals surface area contributed by atoms with E-state index in [0.29, 0.717) is 33.3 Å². The Morgan fingerprint density at radius 1 is 0.806 bits per heavy atom. The number of sulfonamides is 1. The van der Waals surface area contributed by atoms with E-state index in [-0.39, 0.29) is 34.6 Å². The van der Waals surface area contributed by atoms with Crippen LogP contribution in [0, 0.1) is 14.9 Å². The van der Waals surface area contributed by atoms with Gasteiger partial charge in [0.2, 0.25) is 15.8 Å². The Morgan fingerprint density at radius 3 is 1.73 bits per heavy atom. The molecule has 1 aliphatic rings. The number of hydrogen-bond acceptors (Lipinski definition) is 12. The Morgan fingerprint density at radius 2 is 1.29 bits per heavy atom. The summed E-state index contributed by atoms with van der Waals surface area (Å²) in [6.07, 6.45) is -1.64. The van der Waals surface area contributed by atoms with E-state index in [1.807, 2.05) is 22.6 Å². The summed E-state index contributed by atoms with van der Waals surface area (Å²) >= 11 is 1.89. The molecule has 4 aromatic carbocycles. The quantitative estimate of drug-likeness (QED) is 0.114. The number of carboxylic acid groups (broad SMARTS) is 2. The monoisotopic (exact) mass is 1000 g/mol. The van der Waals surface area contributed by atoms with Crippen molar-refractivity contribution in [1.29, 1.82) is 0 Å². The fraction of sp³-hybridized carbons (Fsp3) is 0.357. The summed E-state index contributed by atoms with van der Waals surface area (Å²) in [5, 5.41) is 32.2. The fourth-order valence-electron chi connectivity index (χ4n) is 8.13. The minimum Gasteiger partial charge on any atom is -0.497 e. The van der Waals surface area contributed by atoms with Gasteiger partial charge in [-0.15, -0.1) is 10.2 Å². The second-order valence-electron chi connectivity index (χ2n) is 16.0. The smallest absolute Gasteiger partial charge is 0.408 e. The summed E-state index contributed by atoms with van der Waals surface area (Å²) < 4.78 is 79.9. The van der Waals surface area contributed by atoms with E-state index in [0.717, 1.165) is 15.9 Å². The van der Waals surface area contributed by atoms with Gasteiger partial charge in [0.15, 0.2) is 9.84 Å². The maximum absolute atomic E-state index is 15.8. The molecular formula is C42H47IN6O11S2. The molecule has 3 unspecified atom stereocenters. The van der Waals surface area contributed by atoms with Gasteiger partial charge in [0.25, 0.3) is 0 Å². The molecule has 1 fully saturated rings. The van der Waals surface area contributed by atoms with Crippen LogP contribution in [0.1, 0.15) is 44.4 Å². The first-order valence-corrected chi connectivity index (χ1v) is 23.2. The normalized spacial score (nSPS) is 18.2. The average molecular weight is 1000 g/mol. The van der Waals surface area contributed by atoms with E-state index in [1.54, 1.807) is 101 Å². The van der Waals surface area contributed by atoms with Gasteiger partial charge in [-0.25, -0.2) is 26.4 Å². The Labute approximate surface area is 373 Å². The summed E-state index contributed by atoms with van der Waals surface area (Å²) in [6.45, 7) is 4.95. The second kappa shape index (κ2) is 17.8. The zero-order valence-electron chi connectivity index (χ0n) is 35.0. The molecular weight excluding hydrogens is 956 g/mol. The first-order chi connectivity index (χ1) is 29.2. The van der Waals surface area contributed by atoms with Crippen LogP contribution in [0.4, 0.5) is 4.79 Å². The summed E-state index contributed by atoms with van der Waals surface area (Å²) in [5.74, 6) is -1.41. The first-order valence-electron chi connectivity index (χ1n) is 19.1. The largest absolute Gasteiger partial charge is 0.497 e. The Bertz CT molecular complexity index is 2620. The van der Waals surface area contributed by atoms with Crippen LogP contribution in [0.5, 0.6) is 17.2 Å². The molecule has 0 spiro atoms. The SMILES string of the molecule is COc1ccc(CN(Cc2ccc(OC)cc2)S(=O)(=O)c2c(S(=O)(=O)C3CN(C(=O)O)C(C)(C(=O)O)C3C(C)(C)C)ccc(I)c2-c2nnn(Cc3ccc(OC)cc3)n2)cc1. The molecule has 1 aromatic heterocycles. The Balaban J connectivity index is 1.61. The number of aliphatic carboxylic acids is 1. The van der Waals surface area contributed by atoms with Gasteiger partial charge in [-0.05, 0) is 105 Å². The van der Waals surface area contributed by atoms with Crippen LogP contribution in [0.3, 0.4) is 0 Å². The topological polar surface area (TPSA) is 221 Å². The maximum atomic E-state index is 15.8. The van der Waals surface area contributed by atoms with Crippen LogP contribution in [0.2, 0.25) is 0 Å². The molecule has 2 heterocycles. The summed E-state index contributed by atoms with van der Waals surface area (Å²) in [5.41, 5.74) is -1.66. The number of methoxy groups -OCH3 is 3. The number of carbonyl (C=O) groups is 2. The van der Waals surface area contributed by atoms with E-state index in [2.05, 4.69) is 15.4 Å². The lowest BCUT2D eigenvalue weighted by Crippen LogP contribution is -2.57. The number of tetrazole rings is 1. The molecule has 0 radical (unpaired) electrons. The zero-order valence-corrected chi connectivity index (χ0v) is 38.8. The number of aromatic nitrogens is 4. The number of carboxylic acids is 1. The molecule has 3 atom stereocenters. The summed E-state index contributed by atoms with van der Waals surface area (Å²) in [7, 11) is -5.36. The van der Waals surface area contributed by atoms with Crippen LogP contribution >= 0.6 is 22.6 Å². The minimum absolute atomic E-state index is 0.114. The van der Waals surface area contributed by atoms with Crippen molar-refractivity contribution in [3.05, 3.63) is 105 Å². The number of likely N-dealkylation sites (tertiary alicyclic amines) is 1. The Hall–Kier alpha value is -5.32. The molecule has 1 aliphatic heterocycles. The van der Waals surface area contributed by atoms with Crippen LogP contribution in [-0.4, -0.2) is 107 Å². The molecule has 17 nitrogen and oxygen atoms in total. The summed E-state index contributed by atoms with van der Waals surface area (Å²) in [4.78, 5) is 26.3. The highest BCUT2D eigenvalue weighted by Gasteiger charge is 2.65. The number of benzene rings is 4. The molecule has 1 saturated heterocycles. The number of halogens is 1. The average Bonchev–Trinajstić information content (AvgIpc) is 3.84. The number of ether oxygens (including phenoxy) is 3. The van der Waals surface area contributed by atoms with E-state index < -0.39 is 70.4 Å². The lowest BCUT2D eigenvalue weighted by atomic mass is 9.69. The highest BCUT2D eigenvalue weighted by Crippen LogP contribution is 2.51. The van der Waals surface area contributed by atoms with Crippen molar-refractivity contribution in [2.45, 2.75) is 67.9 Å². The third-order valence-corrected chi connectivity index (χ3v) is 16.1. The van der Waals surface area contributed by atoms with Crippen molar-refractivity contribution in [3.8, 4) is 28.6 Å². The van der Waals surface area contributed by atoms with Crippen molar-refractivity contribution < 1.29 is 50.8 Å². The first kappa shape index (κ1) is 46.2. The van der Waals surface area contributed by atoms with Gasteiger partial charge in [-0.3, -0.25) is 4.90 Å². The molecule has 0 aliphatic carbocycles. The number of hydrogen-bond donors (Lipinski definition) is 2. The van der Waals surface area contributed by atoms with Gasteiger partial charge in [-0.1, -0.05) is 57.2 Å². The highest BCUT2D eigenvalue weighted by atomic mass is 127. The van der Waals surface area contributed by atoms with Crippen molar-refractivity contribution in [2.75, 3.05) is 27.9 Å². The van der Waals surface area contributed by atoms with Gasteiger partial charge < -0.3 is 24.4 Å². The Kier molecular flexibility index (Phi) is 13.3. The lowest BCUT2D eigenvalue weighted by Gasteiger charge is -2.41. The molecule has 2 N–H and O–H groups in total. The molecule has 5 aromatic rings. The molecule has 330 valence electrons. The van der Waals surface area contributed by atoms with Crippen molar-refractivity contribution in [1.82, 2.24) is 29.4 Å². The molecule has 20 heteroatoms. The number of amides is 1. The van der Waals surface area contributed by atoms with E-state index >= 15 is 16.8 Å². The van der Waals surface area contributed by atoms with Crippen LogP contribution in [0.15, 0.2) is 94.7 Å². The molecule has 62 heavy (non-hydrogen) atoms. The lowest BCUT2D eigenvalue weighted by molar-refractivity contribution is -0.152. The number of nitrogens with zero attached hydrogens (tertiary/aromatic N) is 6. The zero-order chi connectivity index (χ0) is 45.4. The van der Waals surface area contributed by atoms with E-state index in [1.165, 1.54) is 32.0 Å². The minimum atomic E-state index is -4.95. The molecule has 1 amide bonds. The van der Waals surface area contributed by atoms with Gasteiger partial charge in [0, 0.05) is 29.1 Å². The van der Waals surface area contributed by atoms with Crippen LogP contribution in [-0.2, 0) is 44.3 Å². The van der Waals surface area contributed by atoms with Crippen LogP contribution < -0.4 is 14.2 Å². The standard InChI is InChI=1S/C42H47IN6O11S2/c1-41(2,3)37-34(25-48(40(52)53)42(37,4)39(50)51)61(54,55)33-21-20-32(43)35(38-44-46-49(45-38)24-28-12-18-31(60-7)19-13-28)36(33)62(56,57)47(22-26-8-14-29(58-5)15-9-26)23-27-10-16-30(59-6)17-11-27/h8-21,34,37H,22-25H2,1-7H3,(H,50,51)(H,52,53). The third-order valence-electron chi connectivity index (χ3n) is 11.1. The number of sulfone groups is 1. The maximum Gasteiger partial charge on any atom is 0.408 e. The predicted octanol–water partition coefficient (Wildman–Crippen LogP) is 6.05. The van der Waals surface area contributed by atoms with Gasteiger partial charge in [-0.2, -0.15) is 9.10 Å². The number of rotatable bonds is 15. The van der Waals surface area contributed by atoms with E-state index in [9.17, 15) is 19.8 Å². The van der Waals surface area contributed by atoms with Crippen molar-refractivity contribution in [2.24, 2.45) is 11.3 Å². The van der Waals surface area contributed by atoms with Crippen molar-refractivity contribution >= 4 is 54.5 Å². The molecule has 6 rings (SSSR count). The third kappa shape index (κ3) is 8.95. The predicted molar refractivity (Wildman–Crippen MR) is 235 cm³/mol.